The van der Waals surface area contributed by atoms with Gasteiger partial charge in [-0.1, -0.05) is 62.1 Å². The Morgan fingerprint density at radius 3 is 2.09 bits per heavy atom. The maximum absolute atomic E-state index is 11.5. The Morgan fingerprint density at radius 1 is 0.826 bits per heavy atom. The molecule has 0 aliphatic heterocycles. The van der Waals surface area contributed by atoms with Gasteiger partial charge in [0.2, 0.25) is 0 Å². The van der Waals surface area contributed by atoms with Crippen LogP contribution in [-0.2, 0) is 0 Å². The average molecular weight is 312 g/mol. The van der Waals surface area contributed by atoms with Crippen LogP contribution in [0.3, 0.4) is 0 Å². The average Bonchev–Trinajstić information content (AvgIpc) is 2.67. The van der Waals surface area contributed by atoms with Crippen molar-refractivity contribution in [2.45, 2.75) is 64.4 Å². The van der Waals surface area contributed by atoms with Crippen molar-refractivity contribution in [2.75, 3.05) is 0 Å². The second-order valence-electron chi connectivity index (χ2n) is 6.29. The number of carbonyl (C=O) groups excluding carboxylic acids is 1. The Morgan fingerprint density at radius 2 is 1.39 bits per heavy atom. The van der Waals surface area contributed by atoms with E-state index in [1.807, 2.05) is 48.5 Å². The van der Waals surface area contributed by atoms with Crippen LogP contribution in [-0.4, -0.2) is 11.9 Å². The van der Waals surface area contributed by atoms with E-state index >= 15 is 0 Å². The van der Waals surface area contributed by atoms with E-state index < -0.39 is 0 Å². The second-order valence-corrected chi connectivity index (χ2v) is 6.29. The van der Waals surface area contributed by atoms with E-state index in [9.17, 15) is 4.79 Å². The van der Waals surface area contributed by atoms with Gasteiger partial charge >= 0.3 is 0 Å². The summed E-state index contributed by atoms with van der Waals surface area (Å²) in [4.78, 5) is 11.5. The molecule has 1 fully saturated rings. The fraction of sp³-hybridized carbons (Fsp3) is 0.476. The summed E-state index contributed by atoms with van der Waals surface area (Å²) in [6.45, 7) is 1.59. The van der Waals surface area contributed by atoms with E-state index in [1.165, 1.54) is 38.5 Å². The van der Waals surface area contributed by atoms with Crippen LogP contribution < -0.4 is 4.74 Å². The summed E-state index contributed by atoms with van der Waals surface area (Å²) in [7, 11) is 0. The Kier molecular flexibility index (Phi) is 7.65. The molecule has 124 valence electrons. The standard InChI is InChI=1S/C21H28O2/c1-18(22)19-12-7-6-10-16-21(17-11-13-19)23-20-14-8-4-2-3-5-9-15-20/h6-7,10-13,16-17,20H,2-5,8-9,14-15H2,1H3. The van der Waals surface area contributed by atoms with Crippen molar-refractivity contribution in [2.24, 2.45) is 0 Å². The lowest BCUT2D eigenvalue weighted by Gasteiger charge is -2.18. The number of hydrogen-bond donors (Lipinski definition) is 0. The van der Waals surface area contributed by atoms with Gasteiger partial charge in [-0.25, -0.2) is 0 Å². The van der Waals surface area contributed by atoms with E-state index in [2.05, 4.69) is 0 Å². The first kappa shape index (κ1) is 17.5. The van der Waals surface area contributed by atoms with Crippen molar-refractivity contribution < 1.29 is 9.53 Å². The number of ether oxygens (including phenoxy) is 1. The molecule has 2 nitrogen and oxygen atoms in total. The number of rotatable bonds is 3. The van der Waals surface area contributed by atoms with Gasteiger partial charge in [-0.15, -0.1) is 0 Å². The molecule has 0 N–H and O–H groups in total. The molecule has 1 aliphatic rings. The molecule has 0 saturated heterocycles. The molecule has 0 radical (unpaired) electrons. The van der Waals surface area contributed by atoms with Crippen molar-refractivity contribution in [3.05, 3.63) is 54.1 Å². The van der Waals surface area contributed by atoms with Crippen molar-refractivity contribution in [3.8, 4) is 5.75 Å². The zero-order chi connectivity index (χ0) is 16.3. The Hall–Kier alpha value is -1.83. The van der Waals surface area contributed by atoms with E-state index in [-0.39, 0.29) is 5.78 Å². The summed E-state index contributed by atoms with van der Waals surface area (Å²) < 4.78 is 6.24. The zero-order valence-corrected chi connectivity index (χ0v) is 14.2. The highest BCUT2D eigenvalue weighted by Crippen LogP contribution is 2.21. The normalized spacial score (nSPS) is 16.4. The van der Waals surface area contributed by atoms with Crippen LogP contribution in [0.4, 0.5) is 0 Å². The first-order valence-electron chi connectivity index (χ1n) is 8.87. The van der Waals surface area contributed by atoms with Gasteiger partial charge in [0, 0.05) is 5.56 Å². The minimum Gasteiger partial charge on any atom is -0.490 e. The third kappa shape index (κ3) is 6.85. The maximum Gasteiger partial charge on any atom is 0.159 e. The van der Waals surface area contributed by atoms with Gasteiger partial charge in [0.05, 0.1) is 6.10 Å². The Balaban J connectivity index is 2.13. The first-order chi connectivity index (χ1) is 11.3. The summed E-state index contributed by atoms with van der Waals surface area (Å²) >= 11 is 0. The van der Waals surface area contributed by atoms with Gasteiger partial charge in [-0.05, 0) is 44.7 Å². The second kappa shape index (κ2) is 10.0. The summed E-state index contributed by atoms with van der Waals surface area (Å²) in [6, 6.07) is 15.3. The molecule has 0 atom stereocenters. The van der Waals surface area contributed by atoms with Crippen molar-refractivity contribution >= 4 is 5.78 Å². The minimum atomic E-state index is 0.0718. The molecule has 0 bridgehead atoms. The highest BCUT2D eigenvalue weighted by Gasteiger charge is 2.11. The fourth-order valence-electron chi connectivity index (χ4n) is 2.95. The smallest absolute Gasteiger partial charge is 0.159 e. The molecule has 1 saturated carbocycles. The zero-order valence-electron chi connectivity index (χ0n) is 14.2. The van der Waals surface area contributed by atoms with Crippen molar-refractivity contribution in [3.63, 3.8) is 0 Å². The molecular weight excluding hydrogens is 284 g/mol. The molecule has 0 unspecified atom stereocenters. The van der Waals surface area contributed by atoms with Crippen LogP contribution >= 0.6 is 0 Å². The summed E-state index contributed by atoms with van der Waals surface area (Å²) in [5, 5.41) is 0. The minimum absolute atomic E-state index is 0.0718. The van der Waals surface area contributed by atoms with E-state index in [0.29, 0.717) is 11.7 Å². The van der Waals surface area contributed by atoms with Crippen LogP contribution in [0.5, 0.6) is 5.75 Å². The molecule has 0 heterocycles. The number of Topliss-reactive ketones (excluding diaryl/α,β-unsaturated/α-hetero) is 1. The Bertz CT molecular complexity index is 539. The summed E-state index contributed by atoms with van der Waals surface area (Å²) in [5.41, 5.74) is 0.703. The predicted octanol–water partition coefficient (Wildman–Crippen LogP) is 5.90. The van der Waals surface area contributed by atoms with Crippen LogP contribution in [0, 0.1) is 0 Å². The van der Waals surface area contributed by atoms with Gasteiger partial charge in [-0.2, -0.15) is 0 Å². The molecule has 0 amide bonds. The molecule has 0 aromatic heterocycles. The lowest BCUT2D eigenvalue weighted by atomic mass is 10.1. The molecule has 1 aromatic rings. The largest absolute Gasteiger partial charge is 0.490 e. The predicted molar refractivity (Wildman–Crippen MR) is 95.4 cm³/mol. The van der Waals surface area contributed by atoms with Crippen LogP contribution in [0.1, 0.15) is 68.6 Å². The monoisotopic (exact) mass is 312 g/mol. The molecule has 23 heavy (non-hydrogen) atoms. The third-order valence-electron chi connectivity index (χ3n) is 4.31. The maximum atomic E-state index is 11.5. The van der Waals surface area contributed by atoms with Gasteiger partial charge < -0.3 is 4.74 Å². The number of carbonyl (C=O) groups is 1. The van der Waals surface area contributed by atoms with Crippen LogP contribution in [0.2, 0.25) is 0 Å². The van der Waals surface area contributed by atoms with Gasteiger partial charge in [-0.3, -0.25) is 4.79 Å². The van der Waals surface area contributed by atoms with Crippen molar-refractivity contribution in [1.29, 1.82) is 0 Å². The molecule has 1 aliphatic carbocycles. The van der Waals surface area contributed by atoms with Gasteiger partial charge in [0.1, 0.15) is 5.75 Å². The topological polar surface area (TPSA) is 26.3 Å². The van der Waals surface area contributed by atoms with E-state index in [1.54, 1.807) is 6.92 Å². The lowest BCUT2D eigenvalue weighted by molar-refractivity contribution is 0.101. The lowest BCUT2D eigenvalue weighted by Crippen LogP contribution is -2.16. The quantitative estimate of drug-likeness (QED) is 0.650. The number of hydrogen-bond acceptors (Lipinski definition) is 2. The molecule has 2 heteroatoms. The summed E-state index contributed by atoms with van der Waals surface area (Å²) in [5.74, 6) is 0.947. The van der Waals surface area contributed by atoms with Crippen LogP contribution in [0.25, 0.3) is 0 Å². The van der Waals surface area contributed by atoms with E-state index in [4.69, 9.17) is 4.74 Å². The third-order valence-corrected chi connectivity index (χ3v) is 4.31. The van der Waals surface area contributed by atoms with Gasteiger partial charge in [0.25, 0.3) is 0 Å². The molecule has 2 rings (SSSR count). The van der Waals surface area contributed by atoms with Gasteiger partial charge in [0.15, 0.2) is 5.78 Å². The molecular formula is C21H28O2. The molecule has 0 spiro atoms. The first-order valence-corrected chi connectivity index (χ1v) is 8.87. The molecule has 1 aromatic carbocycles. The Labute approximate surface area is 140 Å². The number of ketones is 1. The highest BCUT2D eigenvalue weighted by molar-refractivity contribution is 5.93. The fourth-order valence-corrected chi connectivity index (χ4v) is 2.95. The summed E-state index contributed by atoms with van der Waals surface area (Å²) in [6.07, 6.45) is 10.5. The SMILES string of the molecule is CC(=O)c1cccccc(OC2CCCCCCCC2)ccc1. The van der Waals surface area contributed by atoms with E-state index in [0.717, 1.165) is 18.6 Å². The highest BCUT2D eigenvalue weighted by atomic mass is 16.5. The van der Waals surface area contributed by atoms with Crippen LogP contribution in [0.15, 0.2) is 48.5 Å². The van der Waals surface area contributed by atoms with Crippen molar-refractivity contribution in [1.82, 2.24) is 0 Å².